The topological polar surface area (TPSA) is 127 Å². The lowest BCUT2D eigenvalue weighted by atomic mass is 10.2. The molecule has 0 bridgehead atoms. The second-order valence-corrected chi connectivity index (χ2v) is 9.10. The normalized spacial score (nSPS) is 18.7. The number of ether oxygens (including phenoxy) is 2. The van der Waals surface area contributed by atoms with Crippen molar-refractivity contribution in [2.45, 2.75) is 4.90 Å². The molecule has 3 heterocycles. The number of nitrogens with zero attached hydrogens (tertiary/aromatic N) is 4. The predicted octanol–water partition coefficient (Wildman–Crippen LogP) is -0.180. The lowest BCUT2D eigenvalue weighted by Gasteiger charge is -2.26. The van der Waals surface area contributed by atoms with Crippen LogP contribution in [0.1, 0.15) is 10.7 Å². The van der Waals surface area contributed by atoms with Crippen LogP contribution in [0.4, 0.5) is 0 Å². The number of sulfonamides is 1. The summed E-state index contributed by atoms with van der Waals surface area (Å²) < 4.78 is 42.8. The molecule has 4 rings (SSSR count). The second-order valence-electron chi connectivity index (χ2n) is 7.16. The molecule has 2 aliphatic rings. The molecule has 2 saturated heterocycles. The molecule has 0 saturated carbocycles. The lowest BCUT2D eigenvalue weighted by Crippen LogP contribution is -2.41. The summed E-state index contributed by atoms with van der Waals surface area (Å²) in [6.07, 6.45) is 0. The minimum Gasteiger partial charge on any atom is -0.412 e. The highest BCUT2D eigenvalue weighted by molar-refractivity contribution is 7.89. The van der Waals surface area contributed by atoms with Gasteiger partial charge in [-0.1, -0.05) is 0 Å². The first kappa shape index (κ1) is 21.8. The van der Waals surface area contributed by atoms with Crippen LogP contribution < -0.4 is 5.32 Å². The van der Waals surface area contributed by atoms with Gasteiger partial charge in [-0.2, -0.15) is 4.31 Å². The Balaban J connectivity index is 1.35. The second kappa shape index (κ2) is 9.83. The van der Waals surface area contributed by atoms with Gasteiger partial charge in [-0.05, 0) is 24.3 Å². The molecule has 0 spiro atoms. The number of benzene rings is 1. The molecule has 0 aliphatic carbocycles. The highest BCUT2D eigenvalue weighted by atomic mass is 32.2. The summed E-state index contributed by atoms with van der Waals surface area (Å²) in [5.74, 6) is -0.436. The van der Waals surface area contributed by atoms with Crippen LogP contribution in [0.15, 0.2) is 33.6 Å². The molecule has 1 aromatic heterocycles. The van der Waals surface area contributed by atoms with Crippen molar-refractivity contribution in [2.75, 3.05) is 65.7 Å². The third-order valence-corrected chi connectivity index (χ3v) is 7.06. The van der Waals surface area contributed by atoms with Gasteiger partial charge in [-0.15, -0.1) is 10.2 Å². The number of amides is 1. The number of hydrogen-bond donors (Lipinski definition) is 1. The Kier molecular flexibility index (Phi) is 6.92. The average Bonchev–Trinajstić information content (AvgIpc) is 3.31. The number of nitrogens with one attached hydrogen (secondary N) is 1. The zero-order valence-electron chi connectivity index (χ0n) is 17.0. The van der Waals surface area contributed by atoms with Crippen LogP contribution in [0.3, 0.4) is 0 Å². The molecule has 0 radical (unpaired) electrons. The van der Waals surface area contributed by atoms with Crippen molar-refractivity contribution in [1.82, 2.24) is 24.7 Å². The smallest absolute Gasteiger partial charge is 0.308 e. The van der Waals surface area contributed by atoms with E-state index in [-0.39, 0.29) is 16.7 Å². The van der Waals surface area contributed by atoms with Crippen molar-refractivity contribution >= 4 is 15.9 Å². The molecule has 11 nitrogen and oxygen atoms in total. The van der Waals surface area contributed by atoms with E-state index in [1.54, 1.807) is 12.1 Å². The Bertz CT molecular complexity index is 981. The summed E-state index contributed by atoms with van der Waals surface area (Å²) in [5, 5.41) is 10.5. The Morgan fingerprint density at radius 2 is 1.61 bits per heavy atom. The fourth-order valence-corrected chi connectivity index (χ4v) is 4.77. The summed E-state index contributed by atoms with van der Waals surface area (Å²) in [5.41, 5.74) is 0.529. The number of morpholine rings is 2. The summed E-state index contributed by atoms with van der Waals surface area (Å²) in [7, 11) is -3.58. The molecule has 168 valence electrons. The Morgan fingerprint density at radius 1 is 0.968 bits per heavy atom. The minimum absolute atomic E-state index is 0.137. The summed E-state index contributed by atoms with van der Waals surface area (Å²) in [6, 6.07) is 6.15. The van der Waals surface area contributed by atoms with E-state index in [0.717, 1.165) is 19.6 Å². The molecule has 0 unspecified atom stereocenters. The number of carbonyl (C=O) groups excluding carboxylic acids is 1. The van der Waals surface area contributed by atoms with Crippen LogP contribution in [-0.2, 0) is 19.5 Å². The number of hydrogen-bond acceptors (Lipinski definition) is 9. The third-order valence-electron chi connectivity index (χ3n) is 5.15. The van der Waals surface area contributed by atoms with Gasteiger partial charge in [0.05, 0.1) is 31.3 Å². The van der Waals surface area contributed by atoms with Crippen LogP contribution in [0, 0.1) is 0 Å². The Morgan fingerprint density at radius 3 is 2.29 bits per heavy atom. The molecule has 1 N–H and O–H groups in total. The van der Waals surface area contributed by atoms with E-state index in [2.05, 4.69) is 20.4 Å². The van der Waals surface area contributed by atoms with E-state index in [1.165, 1.54) is 16.4 Å². The molecule has 1 amide bonds. The van der Waals surface area contributed by atoms with Gasteiger partial charge in [0.2, 0.25) is 15.9 Å². The van der Waals surface area contributed by atoms with Crippen LogP contribution in [0.25, 0.3) is 11.5 Å². The maximum atomic E-state index is 12.7. The van der Waals surface area contributed by atoms with E-state index >= 15 is 0 Å². The van der Waals surface area contributed by atoms with E-state index in [4.69, 9.17) is 13.9 Å². The van der Waals surface area contributed by atoms with Crippen molar-refractivity contribution in [3.8, 4) is 11.5 Å². The molecular weight excluding hydrogens is 426 g/mol. The lowest BCUT2D eigenvalue weighted by molar-refractivity contribution is 0.0382. The van der Waals surface area contributed by atoms with Crippen molar-refractivity contribution in [3.05, 3.63) is 30.2 Å². The fraction of sp³-hybridized carbons (Fsp3) is 0.526. The van der Waals surface area contributed by atoms with Crippen molar-refractivity contribution in [1.29, 1.82) is 0 Å². The number of aromatic nitrogens is 2. The molecule has 1 aromatic carbocycles. The molecular formula is C19H25N5O6S. The van der Waals surface area contributed by atoms with Crippen LogP contribution in [-0.4, -0.2) is 99.4 Å². The summed E-state index contributed by atoms with van der Waals surface area (Å²) in [6.45, 7) is 5.71. The zero-order chi connectivity index (χ0) is 21.7. The van der Waals surface area contributed by atoms with E-state index < -0.39 is 15.9 Å². The highest BCUT2D eigenvalue weighted by Crippen LogP contribution is 2.22. The van der Waals surface area contributed by atoms with E-state index in [1.807, 2.05) is 0 Å². The van der Waals surface area contributed by atoms with Crippen molar-refractivity contribution in [3.63, 3.8) is 0 Å². The third kappa shape index (κ3) is 5.28. The predicted molar refractivity (Wildman–Crippen MR) is 109 cm³/mol. The Hall–Kier alpha value is -2.38. The van der Waals surface area contributed by atoms with Crippen molar-refractivity contribution < 1.29 is 27.1 Å². The van der Waals surface area contributed by atoms with Gasteiger partial charge in [0.25, 0.3) is 0 Å². The first-order valence-electron chi connectivity index (χ1n) is 10.1. The SMILES string of the molecule is O=C(NCCN1CCOCC1)c1nnc(-c2ccc(S(=O)(=O)N3CCOCC3)cc2)o1. The molecule has 2 aliphatic heterocycles. The van der Waals surface area contributed by atoms with Crippen LogP contribution in [0.5, 0.6) is 0 Å². The summed E-state index contributed by atoms with van der Waals surface area (Å²) >= 11 is 0. The first-order chi connectivity index (χ1) is 15.0. The molecule has 12 heteroatoms. The number of carbonyl (C=O) groups is 1. The molecule has 0 atom stereocenters. The largest absolute Gasteiger partial charge is 0.412 e. The maximum Gasteiger partial charge on any atom is 0.308 e. The highest BCUT2D eigenvalue weighted by Gasteiger charge is 2.26. The van der Waals surface area contributed by atoms with E-state index in [9.17, 15) is 13.2 Å². The van der Waals surface area contributed by atoms with Crippen LogP contribution >= 0.6 is 0 Å². The zero-order valence-corrected chi connectivity index (χ0v) is 17.8. The van der Waals surface area contributed by atoms with Gasteiger partial charge in [0, 0.05) is 44.8 Å². The van der Waals surface area contributed by atoms with E-state index in [0.29, 0.717) is 51.6 Å². The minimum atomic E-state index is -3.58. The monoisotopic (exact) mass is 451 g/mol. The fourth-order valence-electron chi connectivity index (χ4n) is 3.37. The molecule has 2 fully saturated rings. The van der Waals surface area contributed by atoms with Crippen molar-refractivity contribution in [2.24, 2.45) is 0 Å². The standard InChI is InChI=1S/C19H25N5O6S/c25-17(20-5-6-23-7-11-28-12-8-23)19-22-21-18(30-19)15-1-3-16(4-2-15)31(26,27)24-9-13-29-14-10-24/h1-4H,5-14H2,(H,20,25). The number of rotatable bonds is 7. The summed E-state index contributed by atoms with van der Waals surface area (Å²) in [4.78, 5) is 14.6. The van der Waals surface area contributed by atoms with Gasteiger partial charge in [-0.3, -0.25) is 9.69 Å². The van der Waals surface area contributed by atoms with Gasteiger partial charge in [-0.25, -0.2) is 8.42 Å². The van der Waals surface area contributed by atoms with Gasteiger partial charge in [0.15, 0.2) is 0 Å². The quantitative estimate of drug-likeness (QED) is 0.610. The maximum absolute atomic E-state index is 12.7. The molecule has 31 heavy (non-hydrogen) atoms. The van der Waals surface area contributed by atoms with Gasteiger partial charge in [0.1, 0.15) is 0 Å². The van der Waals surface area contributed by atoms with Crippen LogP contribution in [0.2, 0.25) is 0 Å². The Labute approximate surface area is 180 Å². The van der Waals surface area contributed by atoms with Gasteiger partial charge >= 0.3 is 11.8 Å². The average molecular weight is 452 g/mol. The molecule has 2 aromatic rings. The van der Waals surface area contributed by atoms with Gasteiger partial charge < -0.3 is 19.2 Å². The first-order valence-corrected chi connectivity index (χ1v) is 11.6.